The predicted octanol–water partition coefficient (Wildman–Crippen LogP) is 4.55. The van der Waals surface area contributed by atoms with Crippen LogP contribution in [0.25, 0.3) is 0 Å². The van der Waals surface area contributed by atoms with Crippen molar-refractivity contribution in [3.05, 3.63) is 47.1 Å². The van der Waals surface area contributed by atoms with E-state index >= 15 is 0 Å². The van der Waals surface area contributed by atoms with E-state index in [1.807, 2.05) is 25.6 Å². The SMILES string of the molecule is C=C1/C(=C\C=C2/CCC[C@]3(C)C(CSCC(C)(C)O)=CC[C@@H]23)C[C@@H](O)C[C@@H]1O. The Labute approximate surface area is 174 Å². The van der Waals surface area contributed by atoms with Crippen LogP contribution in [-0.2, 0) is 0 Å². The number of hydrogen-bond donors (Lipinski definition) is 3. The molecule has 3 N–H and O–H groups in total. The molecule has 0 aromatic rings. The molecular formula is C24H36O3S. The molecule has 0 aromatic heterocycles. The van der Waals surface area contributed by atoms with Gasteiger partial charge in [-0.1, -0.05) is 42.9 Å². The maximum Gasteiger partial charge on any atom is 0.0811 e. The Balaban J connectivity index is 1.71. The van der Waals surface area contributed by atoms with Crippen LogP contribution in [0.3, 0.4) is 0 Å². The fraction of sp³-hybridized carbons (Fsp3) is 0.667. The summed E-state index contributed by atoms with van der Waals surface area (Å²) in [6.07, 6.45) is 11.3. The van der Waals surface area contributed by atoms with Gasteiger partial charge in [0.25, 0.3) is 0 Å². The Morgan fingerprint density at radius 3 is 2.79 bits per heavy atom. The highest BCUT2D eigenvalue weighted by Crippen LogP contribution is 2.55. The van der Waals surface area contributed by atoms with E-state index in [1.165, 1.54) is 24.0 Å². The van der Waals surface area contributed by atoms with Crippen molar-refractivity contribution >= 4 is 11.8 Å². The van der Waals surface area contributed by atoms with Gasteiger partial charge < -0.3 is 15.3 Å². The van der Waals surface area contributed by atoms with Crippen molar-refractivity contribution in [2.45, 2.75) is 77.1 Å². The number of rotatable bonds is 5. The Hall–Kier alpha value is -0.810. The van der Waals surface area contributed by atoms with Gasteiger partial charge in [0.15, 0.2) is 0 Å². The molecular weight excluding hydrogens is 368 g/mol. The van der Waals surface area contributed by atoms with E-state index in [2.05, 4.69) is 31.7 Å². The van der Waals surface area contributed by atoms with Gasteiger partial charge in [-0.3, -0.25) is 0 Å². The summed E-state index contributed by atoms with van der Waals surface area (Å²) in [7, 11) is 0. The van der Waals surface area contributed by atoms with E-state index in [0.717, 1.165) is 35.5 Å². The van der Waals surface area contributed by atoms with Crippen molar-refractivity contribution in [1.29, 1.82) is 0 Å². The van der Waals surface area contributed by atoms with Crippen molar-refractivity contribution < 1.29 is 15.3 Å². The van der Waals surface area contributed by atoms with Crippen LogP contribution in [0.15, 0.2) is 47.1 Å². The quantitative estimate of drug-likeness (QED) is 0.588. The molecule has 2 saturated carbocycles. The monoisotopic (exact) mass is 404 g/mol. The lowest BCUT2D eigenvalue weighted by Gasteiger charge is -2.41. The summed E-state index contributed by atoms with van der Waals surface area (Å²) in [5.41, 5.74) is 4.37. The first-order chi connectivity index (χ1) is 13.1. The van der Waals surface area contributed by atoms with Crippen molar-refractivity contribution in [1.82, 2.24) is 0 Å². The second kappa shape index (κ2) is 8.51. The highest BCUT2D eigenvalue weighted by Gasteiger charge is 2.44. The minimum absolute atomic E-state index is 0.220. The van der Waals surface area contributed by atoms with E-state index in [4.69, 9.17) is 0 Å². The van der Waals surface area contributed by atoms with E-state index in [1.54, 1.807) is 0 Å². The average Bonchev–Trinajstić information content (AvgIpc) is 2.93. The van der Waals surface area contributed by atoms with Crippen LogP contribution in [0.1, 0.15) is 59.3 Å². The molecule has 0 bridgehead atoms. The zero-order chi connectivity index (χ0) is 20.5. The Morgan fingerprint density at radius 1 is 1.32 bits per heavy atom. The lowest BCUT2D eigenvalue weighted by molar-refractivity contribution is 0.0862. The van der Waals surface area contributed by atoms with Crippen molar-refractivity contribution in [2.24, 2.45) is 11.3 Å². The first kappa shape index (κ1) is 21.9. The minimum atomic E-state index is -0.627. The van der Waals surface area contributed by atoms with Gasteiger partial charge in [0, 0.05) is 17.9 Å². The van der Waals surface area contributed by atoms with E-state index in [0.29, 0.717) is 18.8 Å². The molecule has 156 valence electrons. The lowest BCUT2D eigenvalue weighted by Crippen LogP contribution is -2.31. The van der Waals surface area contributed by atoms with Crippen LogP contribution in [0, 0.1) is 11.3 Å². The predicted molar refractivity (Wildman–Crippen MR) is 118 cm³/mol. The number of aliphatic hydroxyl groups excluding tert-OH is 2. The van der Waals surface area contributed by atoms with E-state index < -0.39 is 17.8 Å². The third-order valence-corrected chi connectivity index (χ3v) is 8.11. The molecule has 0 amide bonds. The maximum absolute atomic E-state index is 10.1. The second-order valence-electron chi connectivity index (χ2n) is 9.66. The molecule has 0 spiro atoms. The van der Waals surface area contributed by atoms with Gasteiger partial charge in [-0.15, -0.1) is 0 Å². The largest absolute Gasteiger partial charge is 0.393 e. The first-order valence-electron chi connectivity index (χ1n) is 10.5. The molecule has 0 radical (unpaired) electrons. The van der Waals surface area contributed by atoms with Crippen molar-refractivity contribution in [3.8, 4) is 0 Å². The van der Waals surface area contributed by atoms with Crippen LogP contribution >= 0.6 is 11.8 Å². The Kier molecular flexibility index (Phi) is 6.65. The standard InChI is InChI=1S/C24H36O3S/c1-16-18(12-20(25)13-22(16)26)8-7-17-6-5-11-24(4)19(9-10-21(17)24)14-28-15-23(2,3)27/h7-9,20-22,25-27H,1,5-6,10-15H2,2-4H3/b17-7+,18-8-/t20-,21+,22+,24-/m1/s1. The summed E-state index contributed by atoms with van der Waals surface area (Å²) in [4.78, 5) is 0. The zero-order valence-corrected chi connectivity index (χ0v) is 18.4. The minimum Gasteiger partial charge on any atom is -0.393 e. The summed E-state index contributed by atoms with van der Waals surface area (Å²) >= 11 is 1.83. The summed E-state index contributed by atoms with van der Waals surface area (Å²) < 4.78 is 0. The Morgan fingerprint density at radius 2 is 2.07 bits per heavy atom. The molecule has 3 rings (SSSR count). The molecule has 28 heavy (non-hydrogen) atoms. The summed E-state index contributed by atoms with van der Waals surface area (Å²) in [5, 5.41) is 30.0. The molecule has 0 aliphatic heterocycles. The summed E-state index contributed by atoms with van der Waals surface area (Å²) in [6, 6.07) is 0. The van der Waals surface area contributed by atoms with Crippen LogP contribution in [0.2, 0.25) is 0 Å². The molecule has 0 unspecified atom stereocenters. The number of thioether (sulfide) groups is 1. The maximum atomic E-state index is 10.1. The fourth-order valence-electron chi connectivity index (χ4n) is 5.01. The highest BCUT2D eigenvalue weighted by molar-refractivity contribution is 7.99. The normalized spacial score (nSPS) is 36.7. The highest BCUT2D eigenvalue weighted by atomic mass is 32.2. The second-order valence-corrected chi connectivity index (χ2v) is 10.6. The van der Waals surface area contributed by atoms with Gasteiger partial charge in [-0.25, -0.2) is 0 Å². The molecule has 3 aliphatic rings. The lowest BCUT2D eigenvalue weighted by atomic mass is 9.64. The molecule has 0 saturated heterocycles. The van der Waals surface area contributed by atoms with E-state index in [9.17, 15) is 15.3 Å². The number of aliphatic hydroxyl groups is 3. The topological polar surface area (TPSA) is 60.7 Å². The Bertz CT molecular complexity index is 697. The van der Waals surface area contributed by atoms with Gasteiger partial charge in [-0.05, 0) is 68.4 Å². The molecule has 4 atom stereocenters. The van der Waals surface area contributed by atoms with Crippen LogP contribution in [-0.4, -0.2) is 44.6 Å². The molecule has 3 aliphatic carbocycles. The third kappa shape index (κ3) is 4.84. The van der Waals surface area contributed by atoms with Gasteiger partial charge in [-0.2, -0.15) is 11.8 Å². The average molecular weight is 405 g/mol. The van der Waals surface area contributed by atoms with Gasteiger partial charge >= 0.3 is 0 Å². The van der Waals surface area contributed by atoms with E-state index in [-0.39, 0.29) is 5.41 Å². The van der Waals surface area contributed by atoms with Crippen molar-refractivity contribution in [2.75, 3.05) is 11.5 Å². The van der Waals surface area contributed by atoms with Gasteiger partial charge in [0.1, 0.15) is 0 Å². The van der Waals surface area contributed by atoms with Crippen LogP contribution < -0.4 is 0 Å². The van der Waals surface area contributed by atoms with Crippen molar-refractivity contribution in [3.63, 3.8) is 0 Å². The fourth-order valence-corrected chi connectivity index (χ4v) is 6.27. The van der Waals surface area contributed by atoms with Crippen LogP contribution in [0.5, 0.6) is 0 Å². The van der Waals surface area contributed by atoms with Gasteiger partial charge in [0.05, 0.1) is 17.8 Å². The van der Waals surface area contributed by atoms with Crippen LogP contribution in [0.4, 0.5) is 0 Å². The number of fused-ring (bicyclic) bond motifs is 1. The molecule has 0 heterocycles. The first-order valence-corrected chi connectivity index (χ1v) is 11.7. The molecule has 4 heteroatoms. The zero-order valence-electron chi connectivity index (χ0n) is 17.6. The summed E-state index contributed by atoms with van der Waals surface area (Å²) in [5.74, 6) is 2.30. The third-order valence-electron chi connectivity index (χ3n) is 6.69. The molecule has 3 nitrogen and oxygen atoms in total. The number of hydrogen-bond acceptors (Lipinski definition) is 4. The molecule has 2 fully saturated rings. The smallest absolute Gasteiger partial charge is 0.0811 e. The van der Waals surface area contributed by atoms with Gasteiger partial charge in [0.2, 0.25) is 0 Å². The summed E-state index contributed by atoms with van der Waals surface area (Å²) in [6.45, 7) is 10.2. The number of allylic oxidation sites excluding steroid dienone is 4. The molecule has 0 aromatic carbocycles.